The molecule has 2 N–H and O–H groups in total. The molecule has 0 radical (unpaired) electrons. The van der Waals surface area contributed by atoms with Crippen LogP contribution in [0.4, 0.5) is 5.69 Å². The zero-order valence-electron chi connectivity index (χ0n) is 12.2. The summed E-state index contributed by atoms with van der Waals surface area (Å²) in [6.07, 6.45) is 7.40. The van der Waals surface area contributed by atoms with Gasteiger partial charge in [0.1, 0.15) is 0 Å². The quantitative estimate of drug-likeness (QED) is 0.707. The zero-order chi connectivity index (χ0) is 14.7. The summed E-state index contributed by atoms with van der Waals surface area (Å²) in [6, 6.07) is 6.02. The van der Waals surface area contributed by atoms with Crippen LogP contribution in [0.3, 0.4) is 0 Å². The second-order valence-corrected chi connectivity index (χ2v) is 5.05. The van der Waals surface area contributed by atoms with E-state index in [1.807, 2.05) is 25.3 Å². The van der Waals surface area contributed by atoms with Crippen molar-refractivity contribution in [2.45, 2.75) is 19.8 Å². The van der Waals surface area contributed by atoms with E-state index in [2.05, 4.69) is 26.6 Å². The smallest absolute Gasteiger partial charge is 0.347 e. The first-order chi connectivity index (χ1) is 10.2. The molecule has 116 valence electrons. The van der Waals surface area contributed by atoms with Gasteiger partial charge >= 0.3 is 5.69 Å². The second kappa shape index (κ2) is 7.09. The molecule has 3 rings (SSSR count). The lowest BCUT2D eigenvalue weighted by Gasteiger charge is -2.08. The minimum atomic E-state index is -0.216. The monoisotopic (exact) mass is 319 g/mol. The predicted octanol–water partition coefficient (Wildman–Crippen LogP) is 2.19. The highest BCUT2D eigenvalue weighted by atomic mass is 35.5. The molecule has 0 aliphatic heterocycles. The number of H-pyrrole nitrogens is 1. The van der Waals surface area contributed by atoms with E-state index in [1.165, 1.54) is 9.96 Å². The number of aromatic nitrogens is 4. The number of anilines is 1. The number of aromatic amines is 1. The van der Waals surface area contributed by atoms with Gasteiger partial charge in [0.15, 0.2) is 5.65 Å². The van der Waals surface area contributed by atoms with Gasteiger partial charge in [-0.2, -0.15) is 5.10 Å². The summed E-state index contributed by atoms with van der Waals surface area (Å²) in [5.74, 6) is 0. The highest BCUT2D eigenvalue weighted by Gasteiger charge is 2.06. The number of hydrogen-bond acceptors (Lipinski definition) is 4. The Morgan fingerprint density at radius 3 is 3.05 bits per heavy atom. The highest BCUT2D eigenvalue weighted by Crippen LogP contribution is 2.15. The van der Waals surface area contributed by atoms with Gasteiger partial charge < -0.3 is 5.32 Å². The van der Waals surface area contributed by atoms with Crippen molar-refractivity contribution in [3.63, 3.8) is 0 Å². The lowest BCUT2D eigenvalue weighted by molar-refractivity contribution is 0.857. The molecule has 7 heteroatoms. The molecule has 0 bridgehead atoms. The van der Waals surface area contributed by atoms with Crippen molar-refractivity contribution in [2.75, 3.05) is 11.9 Å². The number of halogens is 1. The summed E-state index contributed by atoms with van der Waals surface area (Å²) in [4.78, 5) is 15.7. The van der Waals surface area contributed by atoms with Gasteiger partial charge in [0.2, 0.25) is 0 Å². The average molecular weight is 320 g/mol. The van der Waals surface area contributed by atoms with E-state index in [0.29, 0.717) is 5.65 Å². The van der Waals surface area contributed by atoms with Gasteiger partial charge in [0.25, 0.3) is 0 Å². The molecule has 0 aliphatic carbocycles. The van der Waals surface area contributed by atoms with Crippen molar-refractivity contribution in [3.8, 4) is 0 Å². The lowest BCUT2D eigenvalue weighted by Crippen LogP contribution is -2.11. The van der Waals surface area contributed by atoms with Crippen LogP contribution in [-0.4, -0.2) is 26.1 Å². The molecule has 0 fully saturated rings. The third kappa shape index (κ3) is 3.46. The number of hydrogen-bond donors (Lipinski definition) is 2. The topological polar surface area (TPSA) is 75.1 Å². The van der Waals surface area contributed by atoms with E-state index in [0.717, 1.165) is 30.6 Å². The van der Waals surface area contributed by atoms with Crippen LogP contribution in [0.5, 0.6) is 0 Å². The molecular weight excluding hydrogens is 302 g/mol. The van der Waals surface area contributed by atoms with Crippen LogP contribution in [0.15, 0.2) is 41.6 Å². The van der Waals surface area contributed by atoms with Gasteiger partial charge in [0, 0.05) is 25.1 Å². The third-order valence-electron chi connectivity index (χ3n) is 3.33. The number of rotatable bonds is 5. The lowest BCUT2D eigenvalue weighted by atomic mass is 10.1. The largest absolute Gasteiger partial charge is 0.382 e. The fraction of sp³-hybridized carbons (Fsp3) is 0.267. The molecule has 0 saturated carbocycles. The van der Waals surface area contributed by atoms with E-state index in [4.69, 9.17) is 0 Å². The van der Waals surface area contributed by atoms with Crippen molar-refractivity contribution in [1.29, 1.82) is 0 Å². The summed E-state index contributed by atoms with van der Waals surface area (Å²) in [6.45, 7) is 2.77. The molecule has 0 amide bonds. The molecule has 3 aromatic rings. The number of fused-ring (bicyclic) bond motifs is 1. The average Bonchev–Trinajstić information content (AvgIpc) is 2.86. The number of nitrogens with one attached hydrogen (secondary N) is 2. The maximum Gasteiger partial charge on any atom is 0.347 e. The first-order valence-electron chi connectivity index (χ1n) is 6.94. The fourth-order valence-electron chi connectivity index (χ4n) is 2.34. The van der Waals surface area contributed by atoms with Crippen LogP contribution in [0, 0.1) is 6.92 Å². The Morgan fingerprint density at radius 1 is 1.41 bits per heavy atom. The molecule has 22 heavy (non-hydrogen) atoms. The summed E-state index contributed by atoms with van der Waals surface area (Å²) in [5, 5.41) is 9.87. The summed E-state index contributed by atoms with van der Waals surface area (Å²) in [7, 11) is 0. The van der Waals surface area contributed by atoms with Gasteiger partial charge in [-0.3, -0.25) is 4.98 Å². The molecule has 3 heterocycles. The summed E-state index contributed by atoms with van der Waals surface area (Å²) >= 11 is 0. The molecule has 0 atom stereocenters. The van der Waals surface area contributed by atoms with Gasteiger partial charge in [-0.05, 0) is 43.0 Å². The molecule has 0 unspecified atom stereocenters. The number of pyridine rings is 2. The Bertz CT molecular complexity index is 797. The molecule has 0 aromatic carbocycles. The Labute approximate surface area is 134 Å². The van der Waals surface area contributed by atoms with E-state index >= 15 is 0 Å². The van der Waals surface area contributed by atoms with Crippen molar-refractivity contribution in [3.05, 3.63) is 58.4 Å². The molecule has 6 nitrogen and oxygen atoms in total. The third-order valence-corrected chi connectivity index (χ3v) is 3.33. The maximum absolute atomic E-state index is 11.6. The van der Waals surface area contributed by atoms with Crippen LogP contribution in [0.25, 0.3) is 5.65 Å². The normalized spacial score (nSPS) is 10.4. The minimum Gasteiger partial charge on any atom is -0.382 e. The molecule has 0 aliphatic rings. The Balaban J connectivity index is 0.00000176. The van der Waals surface area contributed by atoms with Crippen molar-refractivity contribution in [2.24, 2.45) is 0 Å². The van der Waals surface area contributed by atoms with Gasteiger partial charge in [-0.15, -0.1) is 12.4 Å². The molecule has 0 spiro atoms. The molecular formula is C15H18ClN5O. The summed E-state index contributed by atoms with van der Waals surface area (Å²) < 4.78 is 1.53. The molecule has 0 saturated heterocycles. The van der Waals surface area contributed by atoms with Gasteiger partial charge in [-0.1, -0.05) is 6.07 Å². The zero-order valence-corrected chi connectivity index (χ0v) is 13.1. The van der Waals surface area contributed by atoms with Crippen molar-refractivity contribution >= 4 is 23.7 Å². The number of aryl methyl sites for hydroxylation is 2. The van der Waals surface area contributed by atoms with Crippen LogP contribution in [0.1, 0.15) is 17.5 Å². The predicted molar refractivity (Wildman–Crippen MR) is 88.8 cm³/mol. The first kappa shape index (κ1) is 16.0. The summed E-state index contributed by atoms with van der Waals surface area (Å²) in [5.41, 5.74) is 3.53. The van der Waals surface area contributed by atoms with Crippen molar-refractivity contribution < 1.29 is 0 Å². The van der Waals surface area contributed by atoms with Crippen LogP contribution < -0.4 is 11.0 Å². The van der Waals surface area contributed by atoms with E-state index in [1.54, 1.807) is 12.4 Å². The second-order valence-electron chi connectivity index (χ2n) is 5.05. The first-order valence-corrected chi connectivity index (χ1v) is 6.94. The number of nitrogens with zero attached hydrogens (tertiary/aromatic N) is 3. The maximum atomic E-state index is 11.6. The Morgan fingerprint density at radius 2 is 2.27 bits per heavy atom. The SMILES string of the molecule is Cc1cc(NCCCc2cccnc2)c2n[nH]c(=O)n2c1.Cl. The van der Waals surface area contributed by atoms with Gasteiger partial charge in [0.05, 0.1) is 5.69 Å². The van der Waals surface area contributed by atoms with E-state index < -0.39 is 0 Å². The Hall–Kier alpha value is -2.34. The van der Waals surface area contributed by atoms with Crippen LogP contribution >= 0.6 is 12.4 Å². The van der Waals surface area contributed by atoms with Crippen LogP contribution in [-0.2, 0) is 6.42 Å². The Kier molecular flexibility index (Phi) is 5.16. The fourth-order valence-corrected chi connectivity index (χ4v) is 2.34. The van der Waals surface area contributed by atoms with Crippen LogP contribution in [0.2, 0.25) is 0 Å². The molecule has 3 aromatic heterocycles. The highest BCUT2D eigenvalue weighted by molar-refractivity contribution is 5.85. The van der Waals surface area contributed by atoms with Gasteiger partial charge in [-0.25, -0.2) is 14.3 Å². The standard InChI is InChI=1S/C15H17N5O.ClH/c1-11-8-13(14-18-19-15(21)20(14)10-11)17-7-3-5-12-4-2-6-16-9-12;/h2,4,6,8-10,17H,3,5,7H2,1H3,(H,19,21);1H. The van der Waals surface area contributed by atoms with Crippen molar-refractivity contribution in [1.82, 2.24) is 19.6 Å². The minimum absolute atomic E-state index is 0. The van der Waals surface area contributed by atoms with E-state index in [-0.39, 0.29) is 18.1 Å². The van der Waals surface area contributed by atoms with E-state index in [9.17, 15) is 4.79 Å².